The number of nitrogens with one attached hydrogen (secondary N) is 1. The third-order valence-corrected chi connectivity index (χ3v) is 3.45. The first-order chi connectivity index (χ1) is 8.74. The fourth-order valence-electron chi connectivity index (χ4n) is 2.36. The van der Waals surface area contributed by atoms with Crippen molar-refractivity contribution >= 4 is 11.6 Å². The summed E-state index contributed by atoms with van der Waals surface area (Å²) in [6, 6.07) is 16.5. The van der Waals surface area contributed by atoms with Gasteiger partial charge in [-0.2, -0.15) is 0 Å². The number of hydrogen-bond acceptors (Lipinski definition) is 1. The molecule has 0 spiro atoms. The highest BCUT2D eigenvalue weighted by Crippen LogP contribution is 2.30. The molecule has 0 fully saturated rings. The van der Waals surface area contributed by atoms with Crippen LogP contribution in [0, 0.1) is 5.92 Å². The highest BCUT2D eigenvalue weighted by Gasteiger charge is 2.22. The van der Waals surface area contributed by atoms with Crippen LogP contribution in [0.25, 0.3) is 11.1 Å². The molecule has 0 saturated carbocycles. The second kappa shape index (κ2) is 4.30. The predicted octanol–water partition coefficient (Wildman–Crippen LogP) is 3.48. The van der Waals surface area contributed by atoms with Crippen molar-refractivity contribution in [3.05, 3.63) is 54.1 Å². The van der Waals surface area contributed by atoms with E-state index in [0.29, 0.717) is 0 Å². The molecule has 1 atom stereocenters. The van der Waals surface area contributed by atoms with Crippen LogP contribution in [0.4, 0.5) is 5.69 Å². The van der Waals surface area contributed by atoms with Crippen LogP contribution in [0.3, 0.4) is 0 Å². The summed E-state index contributed by atoms with van der Waals surface area (Å²) in [4.78, 5) is 11.7. The van der Waals surface area contributed by atoms with E-state index in [2.05, 4.69) is 35.6 Å². The molecule has 2 heteroatoms. The summed E-state index contributed by atoms with van der Waals surface area (Å²) < 4.78 is 0. The van der Waals surface area contributed by atoms with Crippen LogP contribution >= 0.6 is 0 Å². The molecule has 1 amide bonds. The number of rotatable bonds is 1. The topological polar surface area (TPSA) is 29.1 Å². The molecule has 18 heavy (non-hydrogen) atoms. The maximum atomic E-state index is 11.7. The van der Waals surface area contributed by atoms with Crippen LogP contribution in [0.1, 0.15) is 12.5 Å². The number of carbonyl (C=O) groups is 1. The minimum Gasteiger partial charge on any atom is -0.326 e. The van der Waals surface area contributed by atoms with Crippen molar-refractivity contribution in [1.29, 1.82) is 0 Å². The first kappa shape index (κ1) is 11.0. The van der Waals surface area contributed by atoms with Crippen molar-refractivity contribution in [2.45, 2.75) is 13.3 Å². The number of hydrogen-bond donors (Lipinski definition) is 1. The summed E-state index contributed by atoms with van der Waals surface area (Å²) in [6.07, 6.45) is 0.830. The van der Waals surface area contributed by atoms with Gasteiger partial charge < -0.3 is 5.32 Å². The van der Waals surface area contributed by atoms with E-state index in [1.54, 1.807) is 0 Å². The number of carbonyl (C=O) groups excluding carboxylic acids is 1. The normalized spacial score (nSPS) is 18.1. The van der Waals surface area contributed by atoms with Crippen molar-refractivity contribution in [2.75, 3.05) is 5.32 Å². The van der Waals surface area contributed by atoms with Crippen LogP contribution in [-0.4, -0.2) is 5.91 Å². The lowest BCUT2D eigenvalue weighted by atomic mass is 9.92. The van der Waals surface area contributed by atoms with Gasteiger partial charge in [0.25, 0.3) is 0 Å². The molecule has 1 heterocycles. The summed E-state index contributed by atoms with van der Waals surface area (Å²) in [5.74, 6) is 0.188. The van der Waals surface area contributed by atoms with E-state index in [0.717, 1.165) is 17.7 Å². The number of benzene rings is 2. The lowest BCUT2D eigenvalue weighted by Gasteiger charge is -2.22. The van der Waals surface area contributed by atoms with E-state index in [-0.39, 0.29) is 11.8 Å². The van der Waals surface area contributed by atoms with Gasteiger partial charge in [-0.25, -0.2) is 0 Å². The van der Waals surface area contributed by atoms with Crippen molar-refractivity contribution in [3.8, 4) is 11.1 Å². The monoisotopic (exact) mass is 237 g/mol. The highest BCUT2D eigenvalue weighted by molar-refractivity contribution is 5.96. The Bertz CT molecular complexity index is 589. The number of amides is 1. The molecule has 2 nitrogen and oxygen atoms in total. The third kappa shape index (κ3) is 1.90. The van der Waals surface area contributed by atoms with Gasteiger partial charge in [-0.3, -0.25) is 4.79 Å². The van der Waals surface area contributed by atoms with Gasteiger partial charge in [-0.15, -0.1) is 0 Å². The van der Waals surface area contributed by atoms with Crippen LogP contribution in [0.15, 0.2) is 48.5 Å². The van der Waals surface area contributed by atoms with E-state index < -0.39 is 0 Å². The smallest absolute Gasteiger partial charge is 0.227 e. The van der Waals surface area contributed by atoms with Crippen LogP contribution < -0.4 is 5.32 Å². The molecule has 0 bridgehead atoms. The Labute approximate surface area is 107 Å². The molecule has 0 saturated heterocycles. The molecule has 90 valence electrons. The molecule has 1 unspecified atom stereocenters. The molecule has 2 aromatic carbocycles. The van der Waals surface area contributed by atoms with Crippen molar-refractivity contribution in [3.63, 3.8) is 0 Å². The van der Waals surface area contributed by atoms with Gasteiger partial charge in [-0.1, -0.05) is 49.4 Å². The van der Waals surface area contributed by atoms with Gasteiger partial charge in [0.05, 0.1) is 0 Å². The Morgan fingerprint density at radius 1 is 1.06 bits per heavy atom. The summed E-state index contributed by atoms with van der Waals surface area (Å²) in [7, 11) is 0. The second-order valence-electron chi connectivity index (χ2n) is 4.83. The zero-order valence-electron chi connectivity index (χ0n) is 10.3. The van der Waals surface area contributed by atoms with Gasteiger partial charge in [0.1, 0.15) is 0 Å². The van der Waals surface area contributed by atoms with E-state index >= 15 is 0 Å². The van der Waals surface area contributed by atoms with Crippen molar-refractivity contribution < 1.29 is 4.79 Å². The second-order valence-corrected chi connectivity index (χ2v) is 4.83. The molecule has 0 aromatic heterocycles. The van der Waals surface area contributed by atoms with E-state index in [9.17, 15) is 4.79 Å². The molecule has 0 radical (unpaired) electrons. The summed E-state index contributed by atoms with van der Waals surface area (Å²) in [5.41, 5.74) is 4.50. The molecule has 1 aliphatic heterocycles. The summed E-state index contributed by atoms with van der Waals surface area (Å²) in [5, 5.41) is 2.98. The van der Waals surface area contributed by atoms with Crippen LogP contribution in [0.5, 0.6) is 0 Å². The van der Waals surface area contributed by atoms with E-state index in [1.165, 1.54) is 11.1 Å². The quantitative estimate of drug-likeness (QED) is 0.808. The van der Waals surface area contributed by atoms with E-state index in [4.69, 9.17) is 0 Å². The average molecular weight is 237 g/mol. The van der Waals surface area contributed by atoms with E-state index in [1.807, 2.05) is 25.1 Å². The Morgan fingerprint density at radius 3 is 2.61 bits per heavy atom. The molecule has 1 aliphatic rings. The fourth-order valence-corrected chi connectivity index (χ4v) is 2.36. The lowest BCUT2D eigenvalue weighted by Crippen LogP contribution is -2.27. The maximum Gasteiger partial charge on any atom is 0.227 e. The first-order valence-corrected chi connectivity index (χ1v) is 6.23. The summed E-state index contributed by atoms with van der Waals surface area (Å²) in [6.45, 7) is 1.96. The van der Waals surface area contributed by atoms with Gasteiger partial charge >= 0.3 is 0 Å². The first-order valence-electron chi connectivity index (χ1n) is 6.23. The molecule has 2 aromatic rings. The maximum absolute atomic E-state index is 11.7. The molecule has 1 N–H and O–H groups in total. The summed E-state index contributed by atoms with van der Waals surface area (Å²) >= 11 is 0. The SMILES string of the molecule is CC1Cc2ccc(-c3ccccc3)cc2NC1=O. The van der Waals surface area contributed by atoms with Gasteiger partial charge in [0, 0.05) is 11.6 Å². The molecular weight excluding hydrogens is 222 g/mol. The van der Waals surface area contributed by atoms with Gasteiger partial charge in [0.2, 0.25) is 5.91 Å². The minimum absolute atomic E-state index is 0.0695. The number of fused-ring (bicyclic) bond motifs is 1. The zero-order chi connectivity index (χ0) is 12.5. The predicted molar refractivity (Wildman–Crippen MR) is 73.4 cm³/mol. The Hall–Kier alpha value is -2.09. The standard InChI is InChI=1S/C16H15NO/c1-11-9-14-8-7-13(10-15(14)17-16(11)18)12-5-3-2-4-6-12/h2-8,10-11H,9H2,1H3,(H,17,18). The number of anilines is 1. The fraction of sp³-hybridized carbons (Fsp3) is 0.188. The average Bonchev–Trinajstić information content (AvgIpc) is 2.41. The van der Waals surface area contributed by atoms with Gasteiger partial charge in [0.15, 0.2) is 0 Å². The zero-order valence-corrected chi connectivity index (χ0v) is 10.3. The Kier molecular flexibility index (Phi) is 2.63. The van der Waals surface area contributed by atoms with Crippen LogP contribution in [-0.2, 0) is 11.2 Å². The molecular formula is C16H15NO. The van der Waals surface area contributed by atoms with Crippen molar-refractivity contribution in [2.24, 2.45) is 5.92 Å². The third-order valence-electron chi connectivity index (χ3n) is 3.45. The van der Waals surface area contributed by atoms with Crippen LogP contribution in [0.2, 0.25) is 0 Å². The highest BCUT2D eigenvalue weighted by atomic mass is 16.1. The largest absolute Gasteiger partial charge is 0.326 e. The van der Waals surface area contributed by atoms with Gasteiger partial charge in [-0.05, 0) is 29.2 Å². The Morgan fingerprint density at radius 2 is 1.83 bits per heavy atom. The minimum atomic E-state index is 0.0695. The van der Waals surface area contributed by atoms with Crippen molar-refractivity contribution in [1.82, 2.24) is 0 Å². The molecule has 3 rings (SSSR count). The molecule has 0 aliphatic carbocycles. The lowest BCUT2D eigenvalue weighted by molar-refractivity contribution is -0.119. The Balaban J connectivity index is 2.02.